The highest BCUT2D eigenvalue weighted by atomic mass is 32.1. The van der Waals surface area contributed by atoms with Gasteiger partial charge in [-0.3, -0.25) is 4.79 Å². The summed E-state index contributed by atoms with van der Waals surface area (Å²) in [5, 5.41) is 1.90. The summed E-state index contributed by atoms with van der Waals surface area (Å²) in [6, 6.07) is 1.85. The molecule has 2 nitrogen and oxygen atoms in total. The van der Waals surface area contributed by atoms with Crippen LogP contribution >= 0.6 is 24.0 Å². The molecule has 1 aromatic heterocycles. The summed E-state index contributed by atoms with van der Waals surface area (Å²) in [6.45, 7) is 5.14. The molecule has 1 saturated heterocycles. The van der Waals surface area contributed by atoms with Gasteiger partial charge in [0.15, 0.2) is 0 Å². The summed E-state index contributed by atoms with van der Waals surface area (Å²) < 4.78 is 0. The first kappa shape index (κ1) is 11.0. The molecule has 0 aliphatic carbocycles. The van der Waals surface area contributed by atoms with Gasteiger partial charge in [-0.1, -0.05) is 0 Å². The molecule has 1 aliphatic heterocycles. The van der Waals surface area contributed by atoms with Crippen molar-refractivity contribution in [2.24, 2.45) is 0 Å². The van der Waals surface area contributed by atoms with Crippen LogP contribution in [-0.2, 0) is 0 Å². The molecule has 2 rings (SSSR count). The van der Waals surface area contributed by atoms with E-state index in [1.54, 1.807) is 0 Å². The van der Waals surface area contributed by atoms with E-state index in [1.165, 1.54) is 11.3 Å². The highest BCUT2D eigenvalue weighted by Gasteiger charge is 2.36. The Balaban J connectivity index is 2.21. The minimum Gasteiger partial charge on any atom is -0.333 e. The zero-order valence-electron chi connectivity index (χ0n) is 8.99. The number of hydrogen-bond donors (Lipinski definition) is 1. The molecule has 1 fully saturated rings. The molecule has 0 unspecified atom stereocenters. The van der Waals surface area contributed by atoms with Gasteiger partial charge in [-0.05, 0) is 32.8 Å². The van der Waals surface area contributed by atoms with Crippen LogP contribution in [0.15, 0.2) is 16.3 Å². The topological polar surface area (TPSA) is 20.3 Å². The van der Waals surface area contributed by atoms with Gasteiger partial charge in [-0.2, -0.15) is 0 Å². The lowest BCUT2D eigenvalue weighted by molar-refractivity contribution is 0.0657. The highest BCUT2D eigenvalue weighted by Crippen LogP contribution is 2.31. The Morgan fingerprint density at radius 3 is 2.80 bits per heavy atom. The molecular weight excluding hydrogens is 226 g/mol. The maximum Gasteiger partial charge on any atom is 0.264 e. The molecule has 0 spiro atoms. The van der Waals surface area contributed by atoms with Crippen molar-refractivity contribution in [1.29, 1.82) is 0 Å². The number of likely N-dealkylation sites (tertiary alicyclic amines) is 1. The largest absolute Gasteiger partial charge is 0.333 e. The Morgan fingerprint density at radius 2 is 2.33 bits per heavy atom. The predicted octanol–water partition coefficient (Wildman–Crippen LogP) is 3.05. The van der Waals surface area contributed by atoms with E-state index in [1.807, 2.05) is 16.3 Å². The van der Waals surface area contributed by atoms with Gasteiger partial charge in [0.05, 0.1) is 4.88 Å². The van der Waals surface area contributed by atoms with Crippen LogP contribution in [0.4, 0.5) is 0 Å². The molecule has 1 amide bonds. The molecule has 82 valence electrons. The van der Waals surface area contributed by atoms with Gasteiger partial charge in [0.2, 0.25) is 0 Å². The van der Waals surface area contributed by atoms with E-state index in [4.69, 9.17) is 0 Å². The van der Waals surface area contributed by atoms with Gasteiger partial charge in [0.25, 0.3) is 5.91 Å². The van der Waals surface area contributed by atoms with Crippen molar-refractivity contribution in [2.75, 3.05) is 6.54 Å². The molecular formula is C11H15NOS2. The maximum absolute atomic E-state index is 12.2. The molecule has 1 aromatic rings. The second-order valence-electron chi connectivity index (χ2n) is 4.54. The fraction of sp³-hybridized carbons (Fsp3) is 0.545. The number of thiol groups is 1. The molecule has 0 saturated carbocycles. The number of nitrogens with zero attached hydrogens (tertiary/aromatic N) is 1. The van der Waals surface area contributed by atoms with Crippen LogP contribution in [0.5, 0.6) is 0 Å². The Bertz CT molecular complexity index is 384. The van der Waals surface area contributed by atoms with Crippen LogP contribution in [0.25, 0.3) is 0 Å². The van der Waals surface area contributed by atoms with Crippen LogP contribution in [-0.4, -0.2) is 22.9 Å². The SMILES string of the molecule is CC1(C)CCCN1C(=O)c1cc(S)cs1. The summed E-state index contributed by atoms with van der Waals surface area (Å²) in [6.07, 6.45) is 2.20. The molecule has 15 heavy (non-hydrogen) atoms. The Kier molecular flexibility index (Phi) is 2.81. The molecule has 0 atom stereocenters. The molecule has 4 heteroatoms. The number of thiophene rings is 1. The Labute approximate surface area is 99.7 Å². The summed E-state index contributed by atoms with van der Waals surface area (Å²) >= 11 is 5.70. The van der Waals surface area contributed by atoms with E-state index in [0.29, 0.717) is 0 Å². The molecule has 0 N–H and O–H groups in total. The van der Waals surface area contributed by atoms with Crippen molar-refractivity contribution in [2.45, 2.75) is 37.1 Å². The second kappa shape index (κ2) is 3.83. The van der Waals surface area contributed by atoms with E-state index in [9.17, 15) is 4.79 Å². The third kappa shape index (κ3) is 2.06. The van der Waals surface area contributed by atoms with Crippen LogP contribution in [0.3, 0.4) is 0 Å². The lowest BCUT2D eigenvalue weighted by atomic mass is 10.0. The second-order valence-corrected chi connectivity index (χ2v) is 5.97. The minimum absolute atomic E-state index is 0.0117. The number of hydrogen-bond acceptors (Lipinski definition) is 3. The molecule has 1 aliphatic rings. The fourth-order valence-electron chi connectivity index (χ4n) is 2.06. The number of carbonyl (C=O) groups excluding carboxylic acids is 1. The van der Waals surface area contributed by atoms with Crippen molar-refractivity contribution < 1.29 is 4.79 Å². The van der Waals surface area contributed by atoms with Crippen molar-refractivity contribution in [3.63, 3.8) is 0 Å². The Morgan fingerprint density at radius 1 is 1.60 bits per heavy atom. The van der Waals surface area contributed by atoms with E-state index in [2.05, 4.69) is 26.5 Å². The van der Waals surface area contributed by atoms with Crippen molar-refractivity contribution in [3.8, 4) is 0 Å². The summed E-state index contributed by atoms with van der Waals surface area (Å²) in [7, 11) is 0. The quantitative estimate of drug-likeness (QED) is 0.749. The zero-order valence-corrected chi connectivity index (χ0v) is 10.7. The van der Waals surface area contributed by atoms with Crippen molar-refractivity contribution in [1.82, 2.24) is 4.90 Å². The van der Waals surface area contributed by atoms with Crippen LogP contribution in [0.2, 0.25) is 0 Å². The van der Waals surface area contributed by atoms with E-state index < -0.39 is 0 Å². The molecule has 0 aromatic carbocycles. The molecule has 2 heterocycles. The lowest BCUT2D eigenvalue weighted by Crippen LogP contribution is -2.42. The fourth-order valence-corrected chi connectivity index (χ4v) is 3.15. The third-order valence-corrected chi connectivity index (χ3v) is 4.29. The first-order chi connectivity index (χ1) is 7.00. The molecule has 0 radical (unpaired) electrons. The van der Waals surface area contributed by atoms with Gasteiger partial charge < -0.3 is 4.90 Å². The first-order valence-corrected chi connectivity index (χ1v) is 6.43. The monoisotopic (exact) mass is 241 g/mol. The summed E-state index contributed by atoms with van der Waals surface area (Å²) in [5.41, 5.74) is 0.0117. The van der Waals surface area contributed by atoms with Gasteiger partial charge in [-0.15, -0.1) is 24.0 Å². The predicted molar refractivity (Wildman–Crippen MR) is 65.9 cm³/mol. The van der Waals surface area contributed by atoms with Gasteiger partial charge in [-0.25, -0.2) is 0 Å². The summed E-state index contributed by atoms with van der Waals surface area (Å²) in [4.78, 5) is 15.8. The van der Waals surface area contributed by atoms with Gasteiger partial charge in [0, 0.05) is 22.4 Å². The van der Waals surface area contributed by atoms with Gasteiger partial charge in [0.1, 0.15) is 0 Å². The van der Waals surface area contributed by atoms with E-state index >= 15 is 0 Å². The zero-order chi connectivity index (χ0) is 11.1. The number of rotatable bonds is 1. The average Bonchev–Trinajstić information content (AvgIpc) is 2.70. The van der Waals surface area contributed by atoms with Crippen LogP contribution in [0.1, 0.15) is 36.4 Å². The van der Waals surface area contributed by atoms with Gasteiger partial charge >= 0.3 is 0 Å². The normalized spacial score (nSPS) is 19.5. The van der Waals surface area contributed by atoms with E-state index in [-0.39, 0.29) is 11.4 Å². The number of amides is 1. The first-order valence-electron chi connectivity index (χ1n) is 5.10. The average molecular weight is 241 g/mol. The van der Waals surface area contributed by atoms with Crippen LogP contribution < -0.4 is 0 Å². The smallest absolute Gasteiger partial charge is 0.264 e. The van der Waals surface area contributed by atoms with Crippen LogP contribution in [0, 0.1) is 0 Å². The van der Waals surface area contributed by atoms with E-state index in [0.717, 1.165) is 29.2 Å². The standard InChI is InChI=1S/C11H15NOS2/c1-11(2)4-3-5-12(11)10(13)9-6-8(14)7-15-9/h6-7,14H,3-5H2,1-2H3. The minimum atomic E-state index is 0.0117. The summed E-state index contributed by atoms with van der Waals surface area (Å²) in [5.74, 6) is 0.155. The van der Waals surface area contributed by atoms with Crippen molar-refractivity contribution in [3.05, 3.63) is 16.3 Å². The number of carbonyl (C=O) groups is 1. The van der Waals surface area contributed by atoms with Crippen molar-refractivity contribution >= 4 is 29.9 Å². The Hall–Kier alpha value is -0.480. The maximum atomic E-state index is 12.2. The molecule has 0 bridgehead atoms. The third-order valence-electron chi connectivity index (χ3n) is 2.94. The lowest BCUT2D eigenvalue weighted by Gasteiger charge is -2.31. The highest BCUT2D eigenvalue weighted by molar-refractivity contribution is 7.80.